The van der Waals surface area contributed by atoms with Crippen molar-refractivity contribution in [3.05, 3.63) is 53.6 Å². The second-order valence-corrected chi connectivity index (χ2v) is 7.82. The zero-order chi connectivity index (χ0) is 19.7. The van der Waals surface area contributed by atoms with Crippen molar-refractivity contribution in [1.29, 1.82) is 0 Å². The first kappa shape index (κ1) is 19.1. The molecule has 3 N–H and O–H groups in total. The first-order chi connectivity index (χ1) is 13.5. The fraction of sp³-hybridized carbons (Fsp3) is 0.455. The lowest BCUT2D eigenvalue weighted by Crippen LogP contribution is -2.51. The van der Waals surface area contributed by atoms with Crippen LogP contribution in [0.25, 0.3) is 0 Å². The van der Waals surface area contributed by atoms with Crippen molar-refractivity contribution in [2.75, 3.05) is 26.7 Å². The maximum Gasteiger partial charge on any atom is 0.126 e. The van der Waals surface area contributed by atoms with Crippen LogP contribution in [0.2, 0.25) is 0 Å². The minimum Gasteiger partial charge on any atom is -0.508 e. The molecule has 1 fully saturated rings. The van der Waals surface area contributed by atoms with Gasteiger partial charge >= 0.3 is 0 Å². The number of fused-ring (bicyclic) bond motifs is 1. The Bertz CT molecular complexity index is 831. The van der Waals surface area contributed by atoms with Gasteiger partial charge in [-0.2, -0.15) is 0 Å². The van der Waals surface area contributed by atoms with Crippen molar-refractivity contribution in [3.8, 4) is 17.2 Å². The molecule has 0 aromatic heterocycles. The van der Waals surface area contributed by atoms with Crippen LogP contribution < -0.4 is 9.47 Å². The molecule has 2 atom stereocenters. The van der Waals surface area contributed by atoms with Crippen LogP contribution >= 0.6 is 0 Å². The quantitative estimate of drug-likeness (QED) is 0.751. The highest BCUT2D eigenvalue weighted by molar-refractivity contribution is 5.43. The molecule has 2 aliphatic rings. The van der Waals surface area contributed by atoms with E-state index in [0.29, 0.717) is 24.3 Å². The molecule has 0 bridgehead atoms. The summed E-state index contributed by atoms with van der Waals surface area (Å²) in [5, 5.41) is 30.8. The third kappa shape index (κ3) is 3.81. The zero-order valence-electron chi connectivity index (χ0n) is 16.0. The van der Waals surface area contributed by atoms with Crippen LogP contribution in [0.1, 0.15) is 42.6 Å². The second-order valence-electron chi connectivity index (χ2n) is 7.82. The summed E-state index contributed by atoms with van der Waals surface area (Å²) in [6.07, 6.45) is 0.885. The van der Waals surface area contributed by atoms with Gasteiger partial charge in [0, 0.05) is 31.6 Å². The average Bonchev–Trinajstić information content (AvgIpc) is 2.70. The molecule has 6 nitrogen and oxygen atoms in total. The Morgan fingerprint density at radius 3 is 2.75 bits per heavy atom. The molecule has 4 rings (SSSR count). The Morgan fingerprint density at radius 1 is 1.21 bits per heavy atom. The van der Waals surface area contributed by atoms with Crippen molar-refractivity contribution in [2.45, 2.75) is 37.1 Å². The van der Waals surface area contributed by atoms with Crippen molar-refractivity contribution in [3.63, 3.8) is 0 Å². The minimum atomic E-state index is -0.634. The third-order valence-electron chi connectivity index (χ3n) is 5.92. The van der Waals surface area contributed by atoms with Crippen molar-refractivity contribution in [2.24, 2.45) is 0 Å². The van der Waals surface area contributed by atoms with Crippen LogP contribution in [0.15, 0.2) is 42.5 Å². The van der Waals surface area contributed by atoms with Crippen molar-refractivity contribution >= 4 is 0 Å². The van der Waals surface area contributed by atoms with Gasteiger partial charge in [0.25, 0.3) is 0 Å². The number of nitrogens with zero attached hydrogens (tertiary/aromatic N) is 1. The number of benzene rings is 2. The van der Waals surface area contributed by atoms with Gasteiger partial charge in [-0.05, 0) is 48.7 Å². The lowest BCUT2D eigenvalue weighted by atomic mass is 9.81. The van der Waals surface area contributed by atoms with Crippen molar-refractivity contribution in [1.82, 2.24) is 4.90 Å². The molecule has 0 saturated carbocycles. The molecule has 2 aromatic carbocycles. The molecule has 1 spiro atoms. The van der Waals surface area contributed by atoms with Gasteiger partial charge in [-0.15, -0.1) is 0 Å². The molecule has 2 aliphatic heterocycles. The molecule has 0 radical (unpaired) electrons. The lowest BCUT2D eigenvalue weighted by molar-refractivity contribution is -0.0588. The molecule has 1 saturated heterocycles. The number of aromatic hydroxyl groups is 1. The number of phenols is 1. The number of hydrogen-bond donors (Lipinski definition) is 3. The van der Waals surface area contributed by atoms with E-state index in [2.05, 4.69) is 4.90 Å². The monoisotopic (exact) mass is 385 g/mol. The van der Waals surface area contributed by atoms with Crippen LogP contribution in [0.3, 0.4) is 0 Å². The standard InChI is InChI=1S/C22H27NO5/c1-27-17-4-2-3-15(11-17)20(26)14-23-9-7-22(8-10-23)13-19(25)18-12-16(24)5-6-21(18)28-22/h2-6,11-12,19-20,24-26H,7-10,13-14H2,1H3/t19-,20+/m1/s1. The summed E-state index contributed by atoms with van der Waals surface area (Å²) in [6.45, 7) is 2.14. The Morgan fingerprint density at radius 2 is 2.00 bits per heavy atom. The smallest absolute Gasteiger partial charge is 0.126 e. The number of methoxy groups -OCH3 is 1. The van der Waals surface area contributed by atoms with Gasteiger partial charge in [-0.1, -0.05) is 12.1 Å². The number of β-amino-alcohol motifs (C(OH)–C–C–N with tert-alkyl or cyclic N) is 1. The SMILES string of the molecule is COc1cccc([C@@H](O)CN2CCC3(CC2)C[C@@H](O)c2cc(O)ccc2O3)c1. The van der Waals surface area contributed by atoms with E-state index >= 15 is 0 Å². The van der Waals surface area contributed by atoms with Crippen LogP contribution in [0, 0.1) is 0 Å². The number of piperidine rings is 1. The molecule has 0 unspecified atom stereocenters. The maximum atomic E-state index is 10.6. The summed E-state index contributed by atoms with van der Waals surface area (Å²) in [5.74, 6) is 1.53. The Balaban J connectivity index is 1.38. The second kappa shape index (κ2) is 7.62. The van der Waals surface area contributed by atoms with E-state index in [1.807, 2.05) is 24.3 Å². The molecular formula is C22H27NO5. The van der Waals surface area contributed by atoms with Gasteiger partial charge in [0.05, 0.1) is 19.3 Å². The predicted molar refractivity (Wildman–Crippen MR) is 105 cm³/mol. The van der Waals surface area contributed by atoms with E-state index < -0.39 is 12.2 Å². The number of likely N-dealkylation sites (tertiary alicyclic amines) is 1. The van der Waals surface area contributed by atoms with Crippen LogP contribution in [0.5, 0.6) is 17.2 Å². The number of rotatable bonds is 4. The summed E-state index contributed by atoms with van der Waals surface area (Å²) < 4.78 is 11.5. The lowest BCUT2D eigenvalue weighted by Gasteiger charge is -2.46. The summed E-state index contributed by atoms with van der Waals surface area (Å²) >= 11 is 0. The predicted octanol–water partition coefficient (Wildman–Crippen LogP) is 2.78. The van der Waals surface area contributed by atoms with E-state index in [-0.39, 0.29) is 11.4 Å². The highest BCUT2D eigenvalue weighted by Gasteiger charge is 2.43. The van der Waals surface area contributed by atoms with Gasteiger partial charge in [0.15, 0.2) is 0 Å². The number of hydrogen-bond acceptors (Lipinski definition) is 6. The number of phenolic OH excluding ortho intramolecular Hbond substituents is 1. The van der Waals surface area contributed by atoms with Crippen LogP contribution in [0.4, 0.5) is 0 Å². The van der Waals surface area contributed by atoms with Gasteiger partial charge in [0.1, 0.15) is 22.8 Å². The average molecular weight is 385 g/mol. The molecular weight excluding hydrogens is 358 g/mol. The summed E-state index contributed by atoms with van der Waals surface area (Å²) in [5.41, 5.74) is 1.11. The van der Waals surface area contributed by atoms with E-state index in [1.165, 1.54) is 0 Å². The van der Waals surface area contributed by atoms with E-state index in [1.54, 1.807) is 25.3 Å². The van der Waals surface area contributed by atoms with Crippen LogP contribution in [-0.2, 0) is 0 Å². The summed E-state index contributed by atoms with van der Waals surface area (Å²) in [4.78, 5) is 2.23. The highest BCUT2D eigenvalue weighted by Crippen LogP contribution is 2.45. The molecule has 2 aromatic rings. The molecule has 0 aliphatic carbocycles. The number of ether oxygens (including phenoxy) is 2. The molecule has 28 heavy (non-hydrogen) atoms. The summed E-state index contributed by atoms with van der Waals surface area (Å²) in [6, 6.07) is 12.4. The van der Waals surface area contributed by atoms with Gasteiger partial charge in [-0.3, -0.25) is 0 Å². The van der Waals surface area contributed by atoms with E-state index in [4.69, 9.17) is 9.47 Å². The molecule has 150 valence electrons. The molecule has 0 amide bonds. The van der Waals surface area contributed by atoms with E-state index in [0.717, 1.165) is 37.2 Å². The fourth-order valence-electron chi connectivity index (χ4n) is 4.27. The Kier molecular flexibility index (Phi) is 5.19. The topological polar surface area (TPSA) is 82.4 Å². The Hall–Kier alpha value is -2.28. The number of aliphatic hydroxyl groups excluding tert-OH is 2. The van der Waals surface area contributed by atoms with Gasteiger partial charge in [0.2, 0.25) is 0 Å². The maximum absolute atomic E-state index is 10.6. The normalized spacial score (nSPS) is 22.3. The van der Waals surface area contributed by atoms with Gasteiger partial charge < -0.3 is 29.7 Å². The largest absolute Gasteiger partial charge is 0.508 e. The van der Waals surface area contributed by atoms with Gasteiger partial charge in [-0.25, -0.2) is 0 Å². The molecule has 6 heteroatoms. The first-order valence-corrected chi connectivity index (χ1v) is 9.72. The summed E-state index contributed by atoms with van der Waals surface area (Å²) in [7, 11) is 1.62. The van der Waals surface area contributed by atoms with E-state index in [9.17, 15) is 15.3 Å². The first-order valence-electron chi connectivity index (χ1n) is 9.72. The minimum absolute atomic E-state index is 0.138. The molecule has 2 heterocycles. The van der Waals surface area contributed by atoms with Crippen LogP contribution in [-0.4, -0.2) is 52.6 Å². The van der Waals surface area contributed by atoms with Crippen molar-refractivity contribution < 1.29 is 24.8 Å². The zero-order valence-corrected chi connectivity index (χ0v) is 16.0. The number of aliphatic hydroxyl groups is 2. The fourth-order valence-corrected chi connectivity index (χ4v) is 4.27. The highest BCUT2D eigenvalue weighted by atomic mass is 16.5. The third-order valence-corrected chi connectivity index (χ3v) is 5.92. The Labute approximate surface area is 164 Å².